The smallest absolute Gasteiger partial charge is 0.413 e. The van der Waals surface area contributed by atoms with Gasteiger partial charge in [0, 0.05) is 0 Å². The van der Waals surface area contributed by atoms with Crippen molar-refractivity contribution in [2.24, 2.45) is 0 Å². The van der Waals surface area contributed by atoms with E-state index >= 15 is 0 Å². The van der Waals surface area contributed by atoms with Gasteiger partial charge in [0.2, 0.25) is 0 Å². The van der Waals surface area contributed by atoms with Gasteiger partial charge in [0.15, 0.2) is 0 Å². The van der Waals surface area contributed by atoms with Crippen molar-refractivity contribution in [1.29, 1.82) is 0 Å². The summed E-state index contributed by atoms with van der Waals surface area (Å²) in [5, 5.41) is 0. The van der Waals surface area contributed by atoms with E-state index < -0.39 is 11.0 Å². The third kappa shape index (κ3) is 10.2. The van der Waals surface area contributed by atoms with Crippen LogP contribution in [0.2, 0.25) is 0 Å². The Hall–Kier alpha value is 1.11. The second-order valence-corrected chi connectivity index (χ2v) is 1.31. The molecule has 0 saturated carbocycles. The first kappa shape index (κ1) is 11.8. The summed E-state index contributed by atoms with van der Waals surface area (Å²) in [4.78, 5) is 0. The van der Waals surface area contributed by atoms with Gasteiger partial charge in [0.05, 0.1) is 17.6 Å². The van der Waals surface area contributed by atoms with Crippen LogP contribution in [-0.2, 0) is 23.6 Å². The zero-order valence-corrected chi connectivity index (χ0v) is 8.36. The van der Waals surface area contributed by atoms with Crippen molar-refractivity contribution >= 4 is 11.0 Å². The van der Waals surface area contributed by atoms with E-state index in [0.29, 0.717) is 0 Å². The predicted octanol–water partition coefficient (Wildman–Crippen LogP) is -3.14. The maximum Gasteiger partial charge on any atom is 1.00 e. The largest absolute Gasteiger partial charge is 1.00 e. The molecular formula is C3H3KO3S. The molecule has 0 saturated heterocycles. The molecule has 0 atom stereocenters. The Labute approximate surface area is 92.4 Å². The SMILES string of the molecule is C#CCO[S-](=O)=O.[K+]. The number of hydrogen-bond donors (Lipinski definition) is 0. The molecule has 40 valence electrons. The van der Waals surface area contributed by atoms with E-state index in [1.165, 1.54) is 0 Å². The Morgan fingerprint density at radius 1 is 1.62 bits per heavy atom. The van der Waals surface area contributed by atoms with Crippen LogP contribution < -0.4 is 51.4 Å². The first-order valence-electron chi connectivity index (χ1n) is 1.43. The quantitative estimate of drug-likeness (QED) is 0.242. The minimum Gasteiger partial charge on any atom is -0.413 e. The van der Waals surface area contributed by atoms with Crippen LogP contribution in [0.3, 0.4) is 0 Å². The van der Waals surface area contributed by atoms with Gasteiger partial charge in [-0.2, -0.15) is 0 Å². The van der Waals surface area contributed by atoms with E-state index in [4.69, 9.17) is 0 Å². The van der Waals surface area contributed by atoms with Gasteiger partial charge in [0.25, 0.3) is 0 Å². The first-order chi connectivity index (χ1) is 3.27. The van der Waals surface area contributed by atoms with Crippen LogP contribution in [-0.4, -0.2) is 6.61 Å². The van der Waals surface area contributed by atoms with Crippen LogP contribution in [0.25, 0.3) is 0 Å². The summed E-state index contributed by atoms with van der Waals surface area (Å²) in [6.45, 7) is -0.184. The van der Waals surface area contributed by atoms with Crippen molar-refractivity contribution in [3.05, 3.63) is 0 Å². The van der Waals surface area contributed by atoms with Gasteiger partial charge in [0.1, 0.15) is 0 Å². The molecule has 0 aliphatic heterocycles. The van der Waals surface area contributed by atoms with Crippen molar-refractivity contribution in [3.63, 3.8) is 0 Å². The zero-order valence-electron chi connectivity index (χ0n) is 4.42. The average Bonchev–Trinajstić information content (AvgIpc) is 1.61. The van der Waals surface area contributed by atoms with Gasteiger partial charge in [-0.05, 0) is 0 Å². The summed E-state index contributed by atoms with van der Waals surface area (Å²) in [6.07, 6.45) is 4.63. The Morgan fingerprint density at radius 2 is 2.12 bits per heavy atom. The van der Waals surface area contributed by atoms with Crippen LogP contribution >= 0.6 is 0 Å². The fourth-order valence-electron chi connectivity index (χ4n) is 0.0821. The van der Waals surface area contributed by atoms with E-state index in [1.807, 2.05) is 5.92 Å². The minimum absolute atomic E-state index is 0. The van der Waals surface area contributed by atoms with Crippen molar-refractivity contribution in [1.82, 2.24) is 0 Å². The molecule has 0 bridgehead atoms. The van der Waals surface area contributed by atoms with Crippen molar-refractivity contribution in [2.75, 3.05) is 6.61 Å². The molecule has 0 amide bonds. The molecule has 0 aromatic rings. The topological polar surface area (TPSA) is 43.4 Å². The van der Waals surface area contributed by atoms with Crippen LogP contribution in [0, 0.1) is 12.3 Å². The van der Waals surface area contributed by atoms with Crippen molar-refractivity contribution in [2.45, 2.75) is 0 Å². The number of rotatable bonds is 2. The molecule has 0 aromatic carbocycles. The summed E-state index contributed by atoms with van der Waals surface area (Å²) >= 11 is 0. The van der Waals surface area contributed by atoms with Crippen LogP contribution in [0.1, 0.15) is 0 Å². The fraction of sp³-hybridized carbons (Fsp3) is 0.333. The van der Waals surface area contributed by atoms with Crippen LogP contribution in [0.15, 0.2) is 0 Å². The Morgan fingerprint density at radius 3 is 2.25 bits per heavy atom. The van der Waals surface area contributed by atoms with Gasteiger partial charge < -0.3 is 12.6 Å². The average molecular weight is 158 g/mol. The Kier molecular flexibility index (Phi) is 12.0. The third-order valence-electron chi connectivity index (χ3n) is 0.238. The van der Waals surface area contributed by atoms with Gasteiger partial charge >= 0.3 is 51.4 Å². The molecular weight excluding hydrogens is 155 g/mol. The van der Waals surface area contributed by atoms with Gasteiger partial charge in [-0.25, -0.2) is 0 Å². The molecule has 0 aliphatic rings. The molecule has 5 heteroatoms. The van der Waals surface area contributed by atoms with Crippen molar-refractivity contribution in [3.8, 4) is 12.3 Å². The zero-order chi connectivity index (χ0) is 5.70. The molecule has 0 aliphatic carbocycles. The Bertz CT molecular complexity index is 137. The molecule has 0 rings (SSSR count). The molecule has 0 heterocycles. The standard InChI is InChI=1S/C3H3O3S.K/c1-2-3-6-7(4)5;/h1H,3H2;/q-1;+1. The summed E-state index contributed by atoms with van der Waals surface area (Å²) < 4.78 is 22.8. The van der Waals surface area contributed by atoms with Crippen LogP contribution in [0.5, 0.6) is 0 Å². The molecule has 0 unspecified atom stereocenters. The third-order valence-corrected chi connectivity index (χ3v) is 0.549. The molecule has 0 aromatic heterocycles. The maximum absolute atomic E-state index is 9.44. The number of hydrogen-bond acceptors (Lipinski definition) is 4. The van der Waals surface area contributed by atoms with E-state index in [-0.39, 0.29) is 58.0 Å². The normalized spacial score (nSPS) is 7.50. The number of terminal acetylenes is 1. The second-order valence-electron chi connectivity index (χ2n) is 0.670. The van der Waals surface area contributed by atoms with E-state index in [2.05, 4.69) is 10.6 Å². The minimum atomic E-state index is -2.46. The van der Waals surface area contributed by atoms with Gasteiger partial charge in [-0.15, -0.1) is 6.42 Å². The van der Waals surface area contributed by atoms with Gasteiger partial charge in [-0.1, -0.05) is 5.92 Å². The monoisotopic (exact) mass is 158 g/mol. The van der Waals surface area contributed by atoms with E-state index in [9.17, 15) is 8.42 Å². The summed E-state index contributed by atoms with van der Waals surface area (Å²) in [7, 11) is -2.46. The summed E-state index contributed by atoms with van der Waals surface area (Å²) in [6, 6.07) is 0. The van der Waals surface area contributed by atoms with E-state index in [0.717, 1.165) is 0 Å². The first-order valence-corrected chi connectivity index (χ1v) is 2.43. The molecule has 0 spiro atoms. The second kappa shape index (κ2) is 8.11. The fourth-order valence-corrected chi connectivity index (χ4v) is 0.246. The summed E-state index contributed by atoms with van der Waals surface area (Å²) in [5.41, 5.74) is 0. The van der Waals surface area contributed by atoms with Crippen LogP contribution in [0.4, 0.5) is 0 Å². The summed E-state index contributed by atoms with van der Waals surface area (Å²) in [5.74, 6) is 1.98. The predicted molar refractivity (Wildman–Crippen MR) is 23.5 cm³/mol. The molecule has 0 fully saturated rings. The molecule has 3 nitrogen and oxygen atoms in total. The van der Waals surface area contributed by atoms with Crippen molar-refractivity contribution < 1.29 is 64.0 Å². The molecule has 0 radical (unpaired) electrons. The Balaban J connectivity index is 0. The molecule has 0 N–H and O–H groups in total. The maximum atomic E-state index is 9.44. The van der Waals surface area contributed by atoms with E-state index in [1.54, 1.807) is 0 Å². The molecule has 8 heavy (non-hydrogen) atoms. The van der Waals surface area contributed by atoms with Gasteiger partial charge in [-0.3, -0.25) is 0 Å².